The van der Waals surface area contributed by atoms with E-state index in [4.69, 9.17) is 5.11 Å². The number of fused-ring (bicyclic) bond motifs is 1. The zero-order chi connectivity index (χ0) is 18.2. The third kappa shape index (κ3) is 2.82. The molecule has 0 aliphatic heterocycles. The van der Waals surface area contributed by atoms with E-state index in [1.807, 2.05) is 0 Å². The quantitative estimate of drug-likeness (QED) is 0.728. The van der Waals surface area contributed by atoms with Gasteiger partial charge in [0, 0.05) is 34.1 Å². The maximum absolute atomic E-state index is 12.3. The number of aromatic nitrogens is 4. The van der Waals surface area contributed by atoms with Crippen molar-refractivity contribution in [3.05, 3.63) is 27.2 Å². The topological polar surface area (TPSA) is 119 Å². The van der Waals surface area contributed by atoms with Gasteiger partial charge in [0.05, 0.1) is 6.33 Å². The van der Waals surface area contributed by atoms with E-state index in [9.17, 15) is 19.2 Å². The minimum Gasteiger partial charge on any atom is -0.480 e. The summed E-state index contributed by atoms with van der Waals surface area (Å²) in [6.07, 6.45) is 1.39. The molecule has 10 heteroatoms. The zero-order valence-electron chi connectivity index (χ0n) is 13.9. The Morgan fingerprint density at radius 3 is 2.50 bits per heavy atom. The summed E-state index contributed by atoms with van der Waals surface area (Å²) in [5.41, 5.74) is -0.515. The monoisotopic (exact) mass is 337 g/mol. The van der Waals surface area contributed by atoms with Crippen LogP contribution in [0.5, 0.6) is 0 Å². The lowest BCUT2D eigenvalue weighted by Gasteiger charge is -2.21. The number of carbonyl (C=O) groups excluding carboxylic acids is 1. The molecule has 0 radical (unpaired) electrons. The largest absolute Gasteiger partial charge is 0.480 e. The van der Waals surface area contributed by atoms with Gasteiger partial charge in [0.15, 0.2) is 11.2 Å². The Labute approximate surface area is 136 Å². The molecule has 2 heterocycles. The number of aryl methyl sites for hydroxylation is 2. The summed E-state index contributed by atoms with van der Waals surface area (Å²) >= 11 is 0. The molecule has 1 unspecified atom stereocenters. The van der Waals surface area contributed by atoms with Gasteiger partial charge in [-0.2, -0.15) is 0 Å². The number of hydrogen-bond donors (Lipinski definition) is 1. The Bertz CT molecular complexity index is 922. The normalized spacial score (nSPS) is 12.3. The number of hydrogen-bond acceptors (Lipinski definition) is 5. The number of aliphatic carboxylic acids is 1. The van der Waals surface area contributed by atoms with Crippen molar-refractivity contribution in [3.8, 4) is 0 Å². The highest BCUT2D eigenvalue weighted by molar-refractivity contribution is 5.83. The van der Waals surface area contributed by atoms with Crippen LogP contribution in [-0.4, -0.2) is 53.7 Å². The van der Waals surface area contributed by atoms with E-state index in [0.717, 1.165) is 9.47 Å². The van der Waals surface area contributed by atoms with Crippen molar-refractivity contribution in [2.45, 2.75) is 25.9 Å². The number of carboxylic acids is 1. The molecule has 2 aromatic heterocycles. The summed E-state index contributed by atoms with van der Waals surface area (Å²) < 4.78 is 3.73. The second-order valence-electron chi connectivity index (χ2n) is 5.58. The molecule has 10 nitrogen and oxygen atoms in total. The highest BCUT2D eigenvalue weighted by atomic mass is 16.4. The summed E-state index contributed by atoms with van der Waals surface area (Å²) in [5.74, 6) is -1.46. The van der Waals surface area contributed by atoms with E-state index in [-0.39, 0.29) is 30.0 Å². The van der Waals surface area contributed by atoms with Crippen molar-refractivity contribution in [1.82, 2.24) is 23.6 Å². The van der Waals surface area contributed by atoms with Gasteiger partial charge in [0.25, 0.3) is 5.56 Å². The molecule has 0 bridgehead atoms. The lowest BCUT2D eigenvalue weighted by Crippen LogP contribution is -2.40. The second kappa shape index (κ2) is 6.30. The van der Waals surface area contributed by atoms with Crippen LogP contribution in [0.25, 0.3) is 11.2 Å². The third-order valence-corrected chi connectivity index (χ3v) is 4.12. The van der Waals surface area contributed by atoms with Gasteiger partial charge in [-0.05, 0) is 6.92 Å². The first kappa shape index (κ1) is 17.4. The lowest BCUT2D eigenvalue weighted by molar-refractivity contribution is -0.148. The molecule has 0 spiro atoms. The van der Waals surface area contributed by atoms with Gasteiger partial charge < -0.3 is 14.6 Å². The SMILES string of the molecule is CC(C(=O)O)N(C)C(=O)CCn1cnc2c1c(=O)n(C)c(=O)n2C. The number of rotatable bonds is 5. The average molecular weight is 337 g/mol. The molecular weight excluding hydrogens is 318 g/mol. The molecule has 0 fully saturated rings. The Kier molecular flexibility index (Phi) is 4.58. The van der Waals surface area contributed by atoms with Crippen LogP contribution in [-0.2, 0) is 30.2 Å². The maximum atomic E-state index is 12.3. The molecule has 2 rings (SSSR count). The van der Waals surface area contributed by atoms with Gasteiger partial charge >= 0.3 is 11.7 Å². The summed E-state index contributed by atoms with van der Waals surface area (Å²) in [4.78, 5) is 52.3. The van der Waals surface area contributed by atoms with Crippen LogP contribution in [0.3, 0.4) is 0 Å². The van der Waals surface area contributed by atoms with E-state index < -0.39 is 23.3 Å². The van der Waals surface area contributed by atoms with E-state index in [2.05, 4.69) is 4.98 Å². The Balaban J connectivity index is 2.29. The fraction of sp³-hybridized carbons (Fsp3) is 0.500. The predicted octanol–water partition coefficient (Wildman–Crippen LogP) is -1.24. The molecule has 0 aliphatic rings. The van der Waals surface area contributed by atoms with E-state index in [1.54, 1.807) is 0 Å². The lowest BCUT2D eigenvalue weighted by atomic mass is 10.2. The molecule has 0 aromatic carbocycles. The van der Waals surface area contributed by atoms with E-state index in [0.29, 0.717) is 0 Å². The number of nitrogens with zero attached hydrogens (tertiary/aromatic N) is 5. The van der Waals surface area contributed by atoms with Gasteiger partial charge in [0.1, 0.15) is 6.04 Å². The van der Waals surface area contributed by atoms with Gasteiger partial charge in [0.2, 0.25) is 5.91 Å². The first-order valence-electron chi connectivity index (χ1n) is 7.26. The molecular formula is C14H19N5O5. The average Bonchev–Trinajstić information content (AvgIpc) is 2.98. The number of amides is 1. The van der Waals surface area contributed by atoms with Gasteiger partial charge in [-0.3, -0.25) is 18.7 Å². The zero-order valence-corrected chi connectivity index (χ0v) is 13.9. The van der Waals surface area contributed by atoms with Crippen LogP contribution in [0.4, 0.5) is 0 Å². The smallest absolute Gasteiger partial charge is 0.332 e. The predicted molar refractivity (Wildman–Crippen MR) is 84.7 cm³/mol. The standard InChI is InChI=1S/C14H19N5O5/c1-8(13(22)23)16(2)9(20)5-6-19-7-15-11-10(19)12(21)18(4)14(24)17(11)3/h7-8H,5-6H2,1-4H3,(H,22,23). The summed E-state index contributed by atoms with van der Waals surface area (Å²) in [7, 11) is 4.29. The molecule has 1 amide bonds. The summed E-state index contributed by atoms with van der Waals surface area (Å²) in [5, 5.41) is 8.93. The van der Waals surface area contributed by atoms with Crippen LogP contribution in [0, 0.1) is 0 Å². The second-order valence-corrected chi connectivity index (χ2v) is 5.58. The summed E-state index contributed by atoms with van der Waals surface area (Å²) in [6.45, 7) is 1.57. The fourth-order valence-electron chi connectivity index (χ4n) is 2.34. The van der Waals surface area contributed by atoms with Crippen molar-refractivity contribution in [1.29, 1.82) is 0 Å². The van der Waals surface area contributed by atoms with E-state index in [1.165, 1.54) is 43.5 Å². The highest BCUT2D eigenvalue weighted by Gasteiger charge is 2.22. The Morgan fingerprint density at radius 2 is 1.92 bits per heavy atom. The van der Waals surface area contributed by atoms with Crippen molar-refractivity contribution in [3.63, 3.8) is 0 Å². The number of likely N-dealkylation sites (N-methyl/N-ethyl adjacent to an activating group) is 1. The summed E-state index contributed by atoms with van der Waals surface area (Å²) in [6, 6.07) is -0.939. The molecule has 24 heavy (non-hydrogen) atoms. The molecule has 1 atom stereocenters. The van der Waals surface area contributed by atoms with Gasteiger partial charge in [-0.1, -0.05) is 0 Å². The fourth-order valence-corrected chi connectivity index (χ4v) is 2.34. The molecule has 1 N–H and O–H groups in total. The van der Waals surface area contributed by atoms with E-state index >= 15 is 0 Å². The highest BCUT2D eigenvalue weighted by Crippen LogP contribution is 2.08. The number of imidazole rings is 1. The van der Waals surface area contributed by atoms with Crippen molar-refractivity contribution < 1.29 is 14.7 Å². The Morgan fingerprint density at radius 1 is 1.29 bits per heavy atom. The maximum Gasteiger partial charge on any atom is 0.332 e. The first-order chi connectivity index (χ1) is 11.2. The van der Waals surface area contributed by atoms with Crippen LogP contribution >= 0.6 is 0 Å². The van der Waals surface area contributed by atoms with Gasteiger partial charge in [-0.15, -0.1) is 0 Å². The molecule has 130 valence electrons. The Hall–Kier alpha value is -2.91. The minimum absolute atomic E-state index is 0.00553. The molecule has 0 saturated carbocycles. The van der Waals surface area contributed by atoms with Crippen molar-refractivity contribution in [2.75, 3.05) is 7.05 Å². The van der Waals surface area contributed by atoms with Crippen molar-refractivity contribution in [2.24, 2.45) is 14.1 Å². The number of carboxylic acid groups (broad SMARTS) is 1. The van der Waals surface area contributed by atoms with Crippen LogP contribution in [0.2, 0.25) is 0 Å². The number of carbonyl (C=O) groups is 2. The molecule has 2 aromatic rings. The first-order valence-corrected chi connectivity index (χ1v) is 7.26. The van der Waals surface area contributed by atoms with Crippen molar-refractivity contribution >= 4 is 23.0 Å². The minimum atomic E-state index is -1.09. The molecule has 0 aliphatic carbocycles. The van der Waals surface area contributed by atoms with Gasteiger partial charge in [-0.25, -0.2) is 14.6 Å². The van der Waals surface area contributed by atoms with Crippen LogP contribution in [0.15, 0.2) is 15.9 Å². The molecule has 0 saturated heterocycles. The third-order valence-electron chi connectivity index (χ3n) is 4.12. The van der Waals surface area contributed by atoms with Crippen LogP contribution < -0.4 is 11.2 Å². The van der Waals surface area contributed by atoms with Crippen LogP contribution in [0.1, 0.15) is 13.3 Å².